The van der Waals surface area contributed by atoms with Gasteiger partial charge in [0.25, 0.3) is 0 Å². The van der Waals surface area contributed by atoms with Crippen molar-refractivity contribution >= 4 is 11.9 Å². The Kier molecular flexibility index (Phi) is 6.54. The van der Waals surface area contributed by atoms with Gasteiger partial charge in [-0.05, 0) is 72.9 Å². The second-order valence-corrected chi connectivity index (χ2v) is 9.74. The van der Waals surface area contributed by atoms with E-state index in [2.05, 4.69) is 5.32 Å². The van der Waals surface area contributed by atoms with E-state index in [-0.39, 0.29) is 24.0 Å². The Labute approximate surface area is 216 Å². The molecule has 2 aliphatic rings. The number of methoxy groups -OCH3 is 3. The molecule has 0 fully saturated rings. The van der Waals surface area contributed by atoms with Crippen LogP contribution in [0.5, 0.6) is 17.2 Å². The van der Waals surface area contributed by atoms with Crippen LogP contribution in [0.3, 0.4) is 0 Å². The molecule has 1 heterocycles. The van der Waals surface area contributed by atoms with Crippen LogP contribution >= 0.6 is 0 Å². The van der Waals surface area contributed by atoms with Crippen LogP contribution in [-0.2, 0) is 21.4 Å². The molecule has 1 aliphatic heterocycles. The number of amides is 1. The molecule has 1 amide bonds. The Balaban J connectivity index is 1.44. The highest BCUT2D eigenvalue weighted by molar-refractivity contribution is 5.90. The summed E-state index contributed by atoms with van der Waals surface area (Å²) >= 11 is 0. The molecule has 0 aromatic heterocycles. The first-order valence-electron chi connectivity index (χ1n) is 12.4. The fourth-order valence-corrected chi connectivity index (χ4v) is 5.38. The van der Waals surface area contributed by atoms with Crippen molar-refractivity contribution in [2.75, 3.05) is 21.3 Å². The number of hydrogen-bond acceptors (Lipinski definition) is 6. The monoisotopic (exact) mass is 501 g/mol. The van der Waals surface area contributed by atoms with Crippen LogP contribution in [0.2, 0.25) is 0 Å². The number of aryl methyl sites for hydroxylation is 1. The van der Waals surface area contributed by atoms with E-state index in [0.717, 1.165) is 40.8 Å². The predicted octanol–water partition coefficient (Wildman–Crippen LogP) is 5.08. The maximum Gasteiger partial charge on any atom is 0.337 e. The molecule has 0 bridgehead atoms. The summed E-state index contributed by atoms with van der Waals surface area (Å²) in [6.45, 7) is 2.01. The first-order chi connectivity index (χ1) is 17.9. The van der Waals surface area contributed by atoms with Gasteiger partial charge in [-0.15, -0.1) is 0 Å². The normalized spacial score (nSPS) is 21.7. The van der Waals surface area contributed by atoms with Crippen molar-refractivity contribution in [3.05, 3.63) is 88.5 Å². The minimum Gasteiger partial charge on any atom is -0.497 e. The van der Waals surface area contributed by atoms with Crippen LogP contribution < -0.4 is 19.5 Å². The van der Waals surface area contributed by atoms with Gasteiger partial charge in [-0.25, -0.2) is 4.79 Å². The summed E-state index contributed by atoms with van der Waals surface area (Å²) in [6, 6.07) is 18.6. The van der Waals surface area contributed by atoms with Crippen LogP contribution in [0, 0.1) is 0 Å². The zero-order valence-electron chi connectivity index (χ0n) is 21.5. The van der Waals surface area contributed by atoms with Crippen molar-refractivity contribution < 1.29 is 28.5 Å². The molecule has 1 aliphatic carbocycles. The SMILES string of the molecule is COC(=O)c1ccc([C@H]2C[C@@H](NC(=O)[C@@]3(C)CCc4cc(OC)ccc43)c3ccc(OC)cc3O2)cc1. The number of carbonyl (C=O) groups excluding carboxylic acids is 2. The Hall–Kier alpha value is -4.00. The lowest BCUT2D eigenvalue weighted by molar-refractivity contribution is -0.127. The summed E-state index contributed by atoms with van der Waals surface area (Å²) in [5, 5.41) is 3.34. The van der Waals surface area contributed by atoms with Crippen LogP contribution in [0.15, 0.2) is 60.7 Å². The summed E-state index contributed by atoms with van der Waals surface area (Å²) in [5.41, 5.74) is 3.85. The van der Waals surface area contributed by atoms with Crippen LogP contribution in [0.25, 0.3) is 0 Å². The second-order valence-electron chi connectivity index (χ2n) is 9.74. The molecule has 3 aromatic carbocycles. The van der Waals surface area contributed by atoms with E-state index in [0.29, 0.717) is 23.5 Å². The number of esters is 1. The molecule has 192 valence electrons. The number of ether oxygens (including phenoxy) is 4. The standard InChI is InChI=1S/C30H31NO6/c1-30(14-13-20-15-21(34-2)10-12-24(20)30)29(33)31-25-17-26(18-5-7-19(8-6-18)28(32)36-4)37-27-16-22(35-3)9-11-23(25)27/h5-12,15-16,25-26H,13-14,17H2,1-4H3,(H,31,33)/t25-,26-,30+/m1/s1. The first kappa shape index (κ1) is 24.7. The van der Waals surface area contributed by atoms with E-state index in [4.69, 9.17) is 18.9 Å². The van der Waals surface area contributed by atoms with Crippen molar-refractivity contribution in [2.45, 2.75) is 43.7 Å². The molecule has 0 spiro atoms. The quantitative estimate of drug-likeness (QED) is 0.475. The molecular weight excluding hydrogens is 470 g/mol. The van der Waals surface area contributed by atoms with Crippen LogP contribution in [0.1, 0.15) is 64.5 Å². The molecular formula is C30H31NO6. The van der Waals surface area contributed by atoms with Crippen molar-refractivity contribution in [3.8, 4) is 17.2 Å². The van der Waals surface area contributed by atoms with Crippen molar-refractivity contribution in [3.63, 3.8) is 0 Å². The molecule has 3 atom stereocenters. The molecule has 7 nitrogen and oxygen atoms in total. The van der Waals surface area contributed by atoms with Gasteiger partial charge in [-0.3, -0.25) is 4.79 Å². The number of carbonyl (C=O) groups is 2. The summed E-state index contributed by atoms with van der Waals surface area (Å²) < 4.78 is 22.0. The van der Waals surface area contributed by atoms with Gasteiger partial charge in [0, 0.05) is 18.1 Å². The Morgan fingerprint density at radius 3 is 2.35 bits per heavy atom. The minimum absolute atomic E-state index is 0.00938. The molecule has 37 heavy (non-hydrogen) atoms. The molecule has 0 radical (unpaired) electrons. The molecule has 0 saturated heterocycles. The topological polar surface area (TPSA) is 83.1 Å². The van der Waals surface area contributed by atoms with Gasteiger partial charge in [-0.2, -0.15) is 0 Å². The zero-order chi connectivity index (χ0) is 26.2. The number of rotatable bonds is 6. The fourth-order valence-electron chi connectivity index (χ4n) is 5.38. The lowest BCUT2D eigenvalue weighted by Gasteiger charge is -2.35. The van der Waals surface area contributed by atoms with E-state index in [9.17, 15) is 9.59 Å². The molecule has 0 saturated carbocycles. The highest BCUT2D eigenvalue weighted by Gasteiger charge is 2.43. The number of nitrogens with one attached hydrogen (secondary N) is 1. The number of hydrogen-bond donors (Lipinski definition) is 1. The van der Waals surface area contributed by atoms with Gasteiger partial charge in [-0.1, -0.05) is 18.2 Å². The van der Waals surface area contributed by atoms with E-state index in [1.54, 1.807) is 26.4 Å². The highest BCUT2D eigenvalue weighted by atomic mass is 16.5. The first-order valence-corrected chi connectivity index (χ1v) is 12.4. The van der Waals surface area contributed by atoms with E-state index in [1.807, 2.05) is 55.5 Å². The van der Waals surface area contributed by atoms with Gasteiger partial charge in [0.05, 0.1) is 38.3 Å². The number of fused-ring (bicyclic) bond motifs is 2. The maximum atomic E-state index is 13.8. The van der Waals surface area contributed by atoms with E-state index < -0.39 is 5.41 Å². The van der Waals surface area contributed by atoms with Gasteiger partial charge in [0.1, 0.15) is 23.4 Å². The Morgan fingerprint density at radius 1 is 0.946 bits per heavy atom. The molecule has 3 aromatic rings. The van der Waals surface area contributed by atoms with E-state index in [1.165, 1.54) is 7.11 Å². The predicted molar refractivity (Wildman–Crippen MR) is 138 cm³/mol. The third-order valence-electron chi connectivity index (χ3n) is 7.63. The molecule has 5 rings (SSSR count). The van der Waals surface area contributed by atoms with Crippen LogP contribution in [0.4, 0.5) is 0 Å². The third-order valence-corrected chi connectivity index (χ3v) is 7.63. The summed E-state index contributed by atoms with van der Waals surface area (Å²) in [4.78, 5) is 25.7. The maximum absolute atomic E-state index is 13.8. The molecule has 0 unspecified atom stereocenters. The molecule has 1 N–H and O–H groups in total. The van der Waals surface area contributed by atoms with Gasteiger partial charge < -0.3 is 24.3 Å². The Morgan fingerprint density at radius 2 is 1.65 bits per heavy atom. The van der Waals surface area contributed by atoms with Crippen LogP contribution in [-0.4, -0.2) is 33.2 Å². The lowest BCUT2D eigenvalue weighted by atomic mass is 9.82. The summed E-state index contributed by atoms with van der Waals surface area (Å²) in [6.07, 6.45) is 1.80. The van der Waals surface area contributed by atoms with Gasteiger partial charge in [0.15, 0.2) is 0 Å². The van der Waals surface area contributed by atoms with Gasteiger partial charge >= 0.3 is 5.97 Å². The van der Waals surface area contributed by atoms with Gasteiger partial charge in [0.2, 0.25) is 5.91 Å². The largest absolute Gasteiger partial charge is 0.497 e. The number of benzene rings is 3. The van der Waals surface area contributed by atoms with Crippen molar-refractivity contribution in [1.29, 1.82) is 0 Å². The minimum atomic E-state index is -0.635. The summed E-state index contributed by atoms with van der Waals surface area (Å²) in [7, 11) is 4.62. The lowest BCUT2D eigenvalue weighted by Crippen LogP contribution is -2.44. The average molecular weight is 502 g/mol. The van der Waals surface area contributed by atoms with E-state index >= 15 is 0 Å². The Bertz CT molecular complexity index is 1330. The van der Waals surface area contributed by atoms with Crippen molar-refractivity contribution in [1.82, 2.24) is 5.32 Å². The highest BCUT2D eigenvalue weighted by Crippen LogP contribution is 2.45. The fraction of sp³-hybridized carbons (Fsp3) is 0.333. The van der Waals surface area contributed by atoms with Crippen molar-refractivity contribution in [2.24, 2.45) is 0 Å². The third kappa shape index (κ3) is 4.50. The smallest absolute Gasteiger partial charge is 0.337 e. The average Bonchev–Trinajstić information content (AvgIpc) is 3.29. The summed E-state index contributed by atoms with van der Waals surface area (Å²) in [5.74, 6) is 1.75. The second kappa shape index (κ2) is 9.81. The zero-order valence-corrected chi connectivity index (χ0v) is 21.5. The molecule has 7 heteroatoms.